The topological polar surface area (TPSA) is 91.6 Å². The van der Waals surface area contributed by atoms with E-state index in [9.17, 15) is 28.1 Å². The first kappa shape index (κ1) is 15.7. The minimum absolute atomic E-state index is 0.0956. The molecule has 0 N–H and O–H groups in total. The highest BCUT2D eigenvalue weighted by molar-refractivity contribution is 5.73. The molecule has 0 saturated carbocycles. The van der Waals surface area contributed by atoms with E-state index in [-0.39, 0.29) is 11.3 Å². The lowest BCUT2D eigenvalue weighted by molar-refractivity contribution is -0.389. The second kappa shape index (κ2) is 5.72. The molecule has 0 aliphatic heterocycles. The second-order valence-electron chi connectivity index (χ2n) is 3.60. The Morgan fingerprint density at radius 3 is 2.55 bits per heavy atom. The molecule has 7 nitrogen and oxygen atoms in total. The number of nitrogens with zero attached hydrogens (tertiary/aromatic N) is 2. The molecule has 0 aliphatic rings. The fourth-order valence-corrected chi connectivity index (χ4v) is 1.38. The van der Waals surface area contributed by atoms with E-state index in [2.05, 4.69) is 14.5 Å². The highest BCUT2D eigenvalue weighted by Crippen LogP contribution is 2.35. The third-order valence-corrected chi connectivity index (χ3v) is 2.30. The Morgan fingerprint density at radius 1 is 1.50 bits per heavy atom. The van der Waals surface area contributed by atoms with Gasteiger partial charge >= 0.3 is 18.0 Å². The molecule has 0 saturated heterocycles. The van der Waals surface area contributed by atoms with Crippen LogP contribution in [0, 0.1) is 17.0 Å². The molecule has 0 atom stereocenters. The molecule has 0 fully saturated rings. The van der Waals surface area contributed by atoms with Crippen molar-refractivity contribution in [2.24, 2.45) is 0 Å². The largest absolute Gasteiger partial charge is 0.573 e. The van der Waals surface area contributed by atoms with E-state index < -0.39 is 35.1 Å². The van der Waals surface area contributed by atoms with Crippen molar-refractivity contribution in [2.75, 3.05) is 7.11 Å². The molecule has 0 aliphatic carbocycles. The number of methoxy groups -OCH3 is 1. The monoisotopic (exact) mass is 294 g/mol. The van der Waals surface area contributed by atoms with Gasteiger partial charge in [-0.15, -0.1) is 13.2 Å². The first-order chi connectivity index (χ1) is 9.15. The van der Waals surface area contributed by atoms with Crippen LogP contribution in [-0.2, 0) is 16.0 Å². The number of halogens is 3. The minimum Gasteiger partial charge on any atom is -0.469 e. The first-order valence-corrected chi connectivity index (χ1v) is 5.11. The van der Waals surface area contributed by atoms with Crippen molar-refractivity contribution in [1.29, 1.82) is 0 Å². The summed E-state index contributed by atoms with van der Waals surface area (Å²) in [5.41, 5.74) is -1.28. The average molecular weight is 294 g/mol. The maximum absolute atomic E-state index is 12.3. The number of esters is 1. The lowest BCUT2D eigenvalue weighted by Crippen LogP contribution is -2.20. The Balaban J connectivity index is 3.30. The number of nitro groups is 1. The fraction of sp³-hybridized carbons (Fsp3) is 0.400. The first-order valence-electron chi connectivity index (χ1n) is 5.11. The molecule has 1 aromatic rings. The molecule has 110 valence electrons. The van der Waals surface area contributed by atoms with E-state index in [1.54, 1.807) is 0 Å². The predicted octanol–water partition coefficient (Wildman–Crippen LogP) is 1.91. The van der Waals surface area contributed by atoms with Crippen LogP contribution < -0.4 is 4.74 Å². The highest BCUT2D eigenvalue weighted by Gasteiger charge is 2.36. The number of ether oxygens (including phenoxy) is 2. The summed E-state index contributed by atoms with van der Waals surface area (Å²) >= 11 is 0. The molecule has 1 rings (SSSR count). The van der Waals surface area contributed by atoms with E-state index in [1.807, 2.05) is 0 Å². The maximum Gasteiger partial charge on any atom is 0.573 e. The van der Waals surface area contributed by atoms with Gasteiger partial charge in [0, 0.05) is 5.56 Å². The van der Waals surface area contributed by atoms with Crippen LogP contribution in [0.1, 0.15) is 11.3 Å². The normalized spacial score (nSPS) is 11.1. The van der Waals surface area contributed by atoms with Gasteiger partial charge in [-0.3, -0.25) is 19.9 Å². The summed E-state index contributed by atoms with van der Waals surface area (Å²) in [4.78, 5) is 24.3. The summed E-state index contributed by atoms with van der Waals surface area (Å²) in [6, 6.07) is 0. The van der Waals surface area contributed by atoms with Gasteiger partial charge in [0.15, 0.2) is 0 Å². The van der Waals surface area contributed by atoms with Crippen LogP contribution in [0.4, 0.5) is 18.9 Å². The van der Waals surface area contributed by atoms with Crippen molar-refractivity contribution in [3.05, 3.63) is 27.6 Å². The Bertz CT molecular complexity index is 544. The van der Waals surface area contributed by atoms with Crippen LogP contribution in [0.2, 0.25) is 0 Å². The van der Waals surface area contributed by atoms with E-state index in [4.69, 9.17) is 0 Å². The zero-order chi connectivity index (χ0) is 15.5. The fourth-order valence-electron chi connectivity index (χ4n) is 1.38. The summed E-state index contributed by atoms with van der Waals surface area (Å²) in [5.74, 6) is -1.73. The molecule has 10 heteroatoms. The summed E-state index contributed by atoms with van der Waals surface area (Å²) < 4.78 is 44.8. The zero-order valence-corrected chi connectivity index (χ0v) is 10.4. The smallest absolute Gasteiger partial charge is 0.469 e. The van der Waals surface area contributed by atoms with E-state index in [1.165, 1.54) is 0 Å². The SMILES string of the molecule is COC(=O)Cc1ncc([N+](=O)[O-])c(OC(F)(F)F)c1C. The van der Waals surface area contributed by atoms with Crippen molar-refractivity contribution in [3.8, 4) is 5.75 Å². The van der Waals surface area contributed by atoms with Gasteiger partial charge in [-0.05, 0) is 6.92 Å². The molecule has 1 heterocycles. The highest BCUT2D eigenvalue weighted by atomic mass is 19.4. The van der Waals surface area contributed by atoms with Gasteiger partial charge < -0.3 is 9.47 Å². The van der Waals surface area contributed by atoms with Gasteiger partial charge in [0.25, 0.3) is 0 Å². The van der Waals surface area contributed by atoms with Gasteiger partial charge in [0.05, 0.1) is 24.1 Å². The molecule has 20 heavy (non-hydrogen) atoms. The van der Waals surface area contributed by atoms with Crippen LogP contribution in [0.3, 0.4) is 0 Å². The molecular weight excluding hydrogens is 285 g/mol. The zero-order valence-electron chi connectivity index (χ0n) is 10.4. The Hall–Kier alpha value is -2.39. The van der Waals surface area contributed by atoms with E-state index in [0.29, 0.717) is 6.20 Å². The molecule has 1 aromatic heterocycles. The molecule has 0 radical (unpaired) electrons. The lowest BCUT2D eigenvalue weighted by Gasteiger charge is -2.13. The quantitative estimate of drug-likeness (QED) is 0.478. The number of aromatic nitrogens is 1. The predicted molar refractivity (Wildman–Crippen MR) is 58.0 cm³/mol. The van der Waals surface area contributed by atoms with Gasteiger partial charge in [0.1, 0.15) is 6.20 Å². The molecule has 0 spiro atoms. The molecule has 0 aromatic carbocycles. The molecule has 0 amide bonds. The summed E-state index contributed by atoms with van der Waals surface area (Å²) in [5, 5.41) is 10.7. The second-order valence-corrected chi connectivity index (χ2v) is 3.60. The summed E-state index contributed by atoms with van der Waals surface area (Å²) in [6.45, 7) is 1.14. The summed E-state index contributed by atoms with van der Waals surface area (Å²) in [7, 11) is 1.09. The number of rotatable bonds is 4. The van der Waals surface area contributed by atoms with Crippen molar-refractivity contribution in [3.63, 3.8) is 0 Å². The van der Waals surface area contributed by atoms with Crippen molar-refractivity contribution in [2.45, 2.75) is 19.7 Å². The molecule has 0 bridgehead atoms. The van der Waals surface area contributed by atoms with Crippen LogP contribution in [0.25, 0.3) is 0 Å². The van der Waals surface area contributed by atoms with Crippen LogP contribution in [-0.4, -0.2) is 29.3 Å². The van der Waals surface area contributed by atoms with E-state index in [0.717, 1.165) is 14.0 Å². The average Bonchev–Trinajstić information content (AvgIpc) is 2.32. The standard InChI is InChI=1S/C10H9F3N2O5/c1-5-6(3-8(16)19-2)14-4-7(15(17)18)9(5)20-10(11,12)13/h4H,3H2,1-2H3. The van der Waals surface area contributed by atoms with E-state index >= 15 is 0 Å². The Morgan fingerprint density at radius 2 is 2.10 bits per heavy atom. The number of carbonyl (C=O) groups excluding carboxylic acids is 1. The third-order valence-electron chi connectivity index (χ3n) is 2.30. The lowest BCUT2D eigenvalue weighted by atomic mass is 10.1. The number of hydrogen-bond donors (Lipinski definition) is 0. The van der Waals surface area contributed by atoms with Gasteiger partial charge in [-0.2, -0.15) is 0 Å². The van der Waals surface area contributed by atoms with Gasteiger partial charge in [-0.25, -0.2) is 0 Å². The van der Waals surface area contributed by atoms with Gasteiger partial charge in [0.2, 0.25) is 5.75 Å². The third kappa shape index (κ3) is 3.80. The van der Waals surface area contributed by atoms with Crippen LogP contribution in [0.15, 0.2) is 6.20 Å². The molecule has 0 unspecified atom stereocenters. The number of hydrogen-bond acceptors (Lipinski definition) is 6. The van der Waals surface area contributed by atoms with Crippen molar-refractivity contribution < 1.29 is 32.4 Å². The number of pyridine rings is 1. The summed E-state index contributed by atoms with van der Waals surface area (Å²) in [6.07, 6.45) is -4.92. The number of alkyl halides is 3. The van der Waals surface area contributed by atoms with Crippen molar-refractivity contribution >= 4 is 11.7 Å². The maximum atomic E-state index is 12.3. The number of carbonyl (C=O) groups is 1. The minimum atomic E-state index is -5.10. The van der Waals surface area contributed by atoms with Crippen molar-refractivity contribution in [1.82, 2.24) is 4.98 Å². The van der Waals surface area contributed by atoms with Crippen LogP contribution in [0.5, 0.6) is 5.75 Å². The Kier molecular flexibility index (Phi) is 4.48. The van der Waals surface area contributed by atoms with Gasteiger partial charge in [-0.1, -0.05) is 0 Å². The Labute approximate surface area is 110 Å². The van der Waals surface area contributed by atoms with Crippen LogP contribution >= 0.6 is 0 Å². The molecular formula is C10H9F3N2O5.